The molecule has 1 N–H and O–H groups in total. The van der Waals surface area contributed by atoms with Gasteiger partial charge in [0.25, 0.3) is 0 Å². The largest absolute Gasteiger partial charge is 0.312 e. The fraction of sp³-hybridized carbons (Fsp3) is 0.875. The van der Waals surface area contributed by atoms with Crippen LogP contribution in [0.1, 0.15) is 58.8 Å². The quantitative estimate of drug-likeness (QED) is 0.753. The van der Waals surface area contributed by atoms with E-state index in [-0.39, 0.29) is 0 Å². The van der Waals surface area contributed by atoms with Gasteiger partial charge in [-0.3, -0.25) is 4.90 Å². The van der Waals surface area contributed by atoms with Crippen LogP contribution in [0.25, 0.3) is 0 Å². The van der Waals surface area contributed by atoms with Crippen molar-refractivity contribution in [3.05, 3.63) is 0 Å². The normalized spacial score (nSPS) is 24.8. The fourth-order valence-electron chi connectivity index (χ4n) is 3.94. The molecular weight excluding hydrogens is 220 g/mol. The molecule has 2 rings (SSSR count). The minimum absolute atomic E-state index is 0.413. The van der Waals surface area contributed by atoms with E-state index in [0.717, 1.165) is 13.0 Å². The average molecular weight is 248 g/mol. The van der Waals surface area contributed by atoms with Crippen molar-refractivity contribution in [2.75, 3.05) is 19.6 Å². The van der Waals surface area contributed by atoms with Crippen molar-refractivity contribution < 1.29 is 0 Å². The van der Waals surface area contributed by atoms with Crippen LogP contribution >= 0.6 is 0 Å². The second kappa shape index (κ2) is 6.59. The van der Waals surface area contributed by atoms with E-state index in [1.54, 1.807) is 0 Å². The third-order valence-electron chi connectivity index (χ3n) is 4.79. The molecule has 1 saturated heterocycles. The maximum absolute atomic E-state index is 3.73. The van der Waals surface area contributed by atoms with Gasteiger partial charge in [-0.2, -0.15) is 0 Å². The van der Waals surface area contributed by atoms with Crippen molar-refractivity contribution in [1.29, 1.82) is 0 Å². The Hall–Kier alpha value is -0.520. The van der Waals surface area contributed by atoms with Crippen LogP contribution in [-0.4, -0.2) is 36.1 Å². The maximum atomic E-state index is 3.73. The molecule has 1 saturated carbocycles. The third-order valence-corrected chi connectivity index (χ3v) is 4.79. The van der Waals surface area contributed by atoms with E-state index in [4.69, 9.17) is 0 Å². The molecule has 0 aromatic rings. The predicted octanol–water partition coefficient (Wildman–Crippen LogP) is 2.79. The highest BCUT2D eigenvalue weighted by Crippen LogP contribution is 2.40. The summed E-state index contributed by atoms with van der Waals surface area (Å²) in [6, 6.07) is 0.565. The summed E-state index contributed by atoms with van der Waals surface area (Å²) in [6.07, 6.45) is 9.34. The molecule has 0 aromatic heterocycles. The molecule has 2 nitrogen and oxygen atoms in total. The van der Waals surface area contributed by atoms with Crippen molar-refractivity contribution >= 4 is 0 Å². The fourth-order valence-corrected chi connectivity index (χ4v) is 3.94. The number of rotatable bonds is 5. The first-order valence-electron chi connectivity index (χ1n) is 7.71. The highest BCUT2D eigenvalue weighted by molar-refractivity contribution is 5.10. The lowest BCUT2D eigenvalue weighted by molar-refractivity contribution is 0.0791. The summed E-state index contributed by atoms with van der Waals surface area (Å²) in [5.41, 5.74) is 0.413. The first-order chi connectivity index (χ1) is 8.83. The summed E-state index contributed by atoms with van der Waals surface area (Å²) in [6.45, 7) is 7.85. The van der Waals surface area contributed by atoms with Crippen molar-refractivity contribution in [2.24, 2.45) is 0 Å². The van der Waals surface area contributed by atoms with Gasteiger partial charge in [0.1, 0.15) is 0 Å². The molecule has 2 aliphatic rings. The van der Waals surface area contributed by atoms with E-state index >= 15 is 0 Å². The molecule has 1 aliphatic heterocycles. The predicted molar refractivity (Wildman–Crippen MR) is 77.5 cm³/mol. The van der Waals surface area contributed by atoms with E-state index in [1.165, 1.54) is 51.6 Å². The lowest BCUT2D eigenvalue weighted by Gasteiger charge is -2.45. The molecule has 102 valence electrons. The number of hydrogen-bond donors (Lipinski definition) is 1. The molecule has 1 atom stereocenters. The van der Waals surface area contributed by atoms with Gasteiger partial charge in [0.05, 0.1) is 0 Å². The monoisotopic (exact) mass is 248 g/mol. The highest BCUT2D eigenvalue weighted by atomic mass is 15.2. The van der Waals surface area contributed by atoms with Crippen LogP contribution in [0.5, 0.6) is 0 Å². The molecule has 0 amide bonds. The number of nitrogens with zero attached hydrogens (tertiary/aromatic N) is 1. The first-order valence-corrected chi connectivity index (χ1v) is 7.71. The van der Waals surface area contributed by atoms with Crippen LogP contribution in [0.4, 0.5) is 0 Å². The maximum Gasteiger partial charge on any atom is 0.0371 e. The zero-order chi connectivity index (χ0) is 12.8. The van der Waals surface area contributed by atoms with E-state index in [2.05, 4.69) is 29.0 Å². The first kappa shape index (κ1) is 13.9. The number of likely N-dealkylation sites (tertiary alicyclic amines) is 1. The Morgan fingerprint density at radius 2 is 1.83 bits per heavy atom. The van der Waals surface area contributed by atoms with Crippen LogP contribution in [0.2, 0.25) is 0 Å². The van der Waals surface area contributed by atoms with Gasteiger partial charge in [-0.1, -0.05) is 19.8 Å². The minimum Gasteiger partial charge on any atom is -0.312 e. The summed E-state index contributed by atoms with van der Waals surface area (Å²) in [7, 11) is 0. The standard InChI is InChI=1S/C16H28N2/c1-3-5-10-15(17-4-2)16(11-6-7-12-16)18-13-8-9-14-18/h15,17H,4,6-14H2,1-2H3. The van der Waals surface area contributed by atoms with Gasteiger partial charge in [0.2, 0.25) is 0 Å². The van der Waals surface area contributed by atoms with Gasteiger partial charge in [0, 0.05) is 18.0 Å². The Morgan fingerprint density at radius 3 is 2.39 bits per heavy atom. The van der Waals surface area contributed by atoms with Gasteiger partial charge in [-0.05, 0) is 52.2 Å². The summed E-state index contributed by atoms with van der Waals surface area (Å²) >= 11 is 0. The van der Waals surface area contributed by atoms with Crippen LogP contribution < -0.4 is 5.32 Å². The van der Waals surface area contributed by atoms with E-state index in [0.29, 0.717) is 11.6 Å². The molecule has 1 heterocycles. The number of hydrogen-bond acceptors (Lipinski definition) is 2. The van der Waals surface area contributed by atoms with E-state index in [9.17, 15) is 0 Å². The molecule has 2 heteroatoms. The Labute approximate surface area is 113 Å². The SMILES string of the molecule is CC#CCC(NCC)C1(N2CCCC2)CCCC1. The molecular formula is C16H28N2. The van der Waals surface area contributed by atoms with Gasteiger partial charge in [0.15, 0.2) is 0 Å². The second-order valence-corrected chi connectivity index (χ2v) is 5.75. The summed E-state index contributed by atoms with van der Waals surface area (Å²) in [4.78, 5) is 2.78. The Bertz CT molecular complexity index is 301. The zero-order valence-corrected chi connectivity index (χ0v) is 12.1. The molecule has 0 aromatic carbocycles. The average Bonchev–Trinajstić information content (AvgIpc) is 3.04. The Balaban J connectivity index is 2.15. The summed E-state index contributed by atoms with van der Waals surface area (Å²) in [5, 5.41) is 3.73. The molecule has 18 heavy (non-hydrogen) atoms. The zero-order valence-electron chi connectivity index (χ0n) is 12.1. The second-order valence-electron chi connectivity index (χ2n) is 5.75. The van der Waals surface area contributed by atoms with Gasteiger partial charge >= 0.3 is 0 Å². The van der Waals surface area contributed by atoms with Gasteiger partial charge in [-0.15, -0.1) is 11.8 Å². The summed E-state index contributed by atoms with van der Waals surface area (Å²) in [5.74, 6) is 6.40. The number of nitrogens with one attached hydrogen (secondary N) is 1. The van der Waals surface area contributed by atoms with Gasteiger partial charge < -0.3 is 5.32 Å². The summed E-state index contributed by atoms with van der Waals surface area (Å²) < 4.78 is 0. The minimum atomic E-state index is 0.413. The highest BCUT2D eigenvalue weighted by Gasteiger charge is 2.45. The van der Waals surface area contributed by atoms with E-state index in [1.807, 2.05) is 6.92 Å². The van der Waals surface area contributed by atoms with Crippen LogP contribution in [-0.2, 0) is 0 Å². The van der Waals surface area contributed by atoms with Crippen molar-refractivity contribution in [3.8, 4) is 11.8 Å². The van der Waals surface area contributed by atoms with Crippen molar-refractivity contribution in [2.45, 2.75) is 70.4 Å². The molecule has 0 radical (unpaired) electrons. The molecule has 0 bridgehead atoms. The van der Waals surface area contributed by atoms with E-state index < -0.39 is 0 Å². The lowest BCUT2D eigenvalue weighted by atomic mass is 9.84. The smallest absolute Gasteiger partial charge is 0.0371 e. The topological polar surface area (TPSA) is 15.3 Å². The molecule has 1 unspecified atom stereocenters. The van der Waals surface area contributed by atoms with Gasteiger partial charge in [-0.25, -0.2) is 0 Å². The lowest BCUT2D eigenvalue weighted by Crippen LogP contribution is -2.59. The van der Waals surface area contributed by atoms with Crippen molar-refractivity contribution in [3.63, 3.8) is 0 Å². The molecule has 0 spiro atoms. The van der Waals surface area contributed by atoms with Crippen LogP contribution in [0.15, 0.2) is 0 Å². The Kier molecular flexibility index (Phi) is 5.09. The van der Waals surface area contributed by atoms with Crippen LogP contribution in [0.3, 0.4) is 0 Å². The number of likely N-dealkylation sites (N-methyl/N-ethyl adjacent to an activating group) is 1. The Morgan fingerprint density at radius 1 is 1.17 bits per heavy atom. The van der Waals surface area contributed by atoms with Crippen LogP contribution in [0, 0.1) is 11.8 Å². The third kappa shape index (κ3) is 2.73. The van der Waals surface area contributed by atoms with Crippen molar-refractivity contribution in [1.82, 2.24) is 10.2 Å². The molecule has 1 aliphatic carbocycles. The molecule has 2 fully saturated rings.